The average Bonchev–Trinajstić information content (AvgIpc) is 3.01. The molecule has 1 aromatic carbocycles. The van der Waals surface area contributed by atoms with Gasteiger partial charge in [0.15, 0.2) is 5.76 Å². The fourth-order valence-electron chi connectivity index (χ4n) is 1.68. The van der Waals surface area contributed by atoms with Gasteiger partial charge in [-0.2, -0.15) is 0 Å². The lowest BCUT2D eigenvalue weighted by molar-refractivity contribution is -0.132. The Morgan fingerprint density at radius 1 is 1.24 bits per heavy atom. The highest BCUT2D eigenvalue weighted by atomic mass is 16.5. The zero-order valence-electron chi connectivity index (χ0n) is 11.2. The van der Waals surface area contributed by atoms with Crippen molar-refractivity contribution in [2.75, 3.05) is 7.11 Å². The molecule has 6 nitrogen and oxygen atoms in total. The van der Waals surface area contributed by atoms with Crippen LogP contribution in [0.15, 0.2) is 52.8 Å². The molecule has 0 aliphatic carbocycles. The van der Waals surface area contributed by atoms with Crippen LogP contribution >= 0.6 is 0 Å². The summed E-state index contributed by atoms with van der Waals surface area (Å²) in [4.78, 5) is 23.1. The van der Waals surface area contributed by atoms with Gasteiger partial charge in [0.1, 0.15) is 11.4 Å². The number of methoxy groups -OCH3 is 1. The van der Waals surface area contributed by atoms with Crippen LogP contribution in [0.25, 0.3) is 6.08 Å². The Balaban J connectivity index is 2.29. The lowest BCUT2D eigenvalue weighted by atomic mass is 10.1. The molecule has 0 aliphatic heterocycles. The van der Waals surface area contributed by atoms with Gasteiger partial charge in [-0.05, 0) is 24.3 Å². The molecular weight excluding hydrogens is 274 g/mol. The first kappa shape index (κ1) is 14.4. The van der Waals surface area contributed by atoms with Crippen molar-refractivity contribution in [3.8, 4) is 5.75 Å². The molecule has 0 saturated heterocycles. The van der Waals surface area contributed by atoms with Gasteiger partial charge < -0.3 is 19.6 Å². The van der Waals surface area contributed by atoms with Gasteiger partial charge in [0, 0.05) is 5.56 Å². The number of aliphatic carboxylic acids is 1. The molecule has 0 radical (unpaired) electrons. The van der Waals surface area contributed by atoms with E-state index in [0.29, 0.717) is 11.3 Å². The highest BCUT2D eigenvalue weighted by Crippen LogP contribution is 2.20. The third kappa shape index (κ3) is 3.50. The minimum Gasteiger partial charge on any atom is -0.496 e. The predicted molar refractivity (Wildman–Crippen MR) is 74.8 cm³/mol. The Morgan fingerprint density at radius 2 is 2.00 bits per heavy atom. The molecule has 1 heterocycles. The maximum atomic E-state index is 11.8. The molecule has 0 bridgehead atoms. The SMILES string of the molecule is COc1ccccc1/C=C(/NC(=O)c1ccco1)C(=O)O. The van der Waals surface area contributed by atoms with Crippen LogP contribution in [-0.4, -0.2) is 24.1 Å². The molecule has 2 aromatic rings. The Kier molecular flexibility index (Phi) is 4.40. The molecule has 6 heteroatoms. The van der Waals surface area contributed by atoms with Gasteiger partial charge in [-0.3, -0.25) is 4.79 Å². The Hall–Kier alpha value is -3.02. The topological polar surface area (TPSA) is 88.8 Å². The van der Waals surface area contributed by atoms with Gasteiger partial charge in [0.25, 0.3) is 5.91 Å². The molecule has 21 heavy (non-hydrogen) atoms. The molecule has 0 atom stereocenters. The van der Waals surface area contributed by atoms with Gasteiger partial charge in [-0.15, -0.1) is 0 Å². The number of ether oxygens (including phenoxy) is 1. The quantitative estimate of drug-likeness (QED) is 0.822. The van der Waals surface area contributed by atoms with Crippen molar-refractivity contribution in [2.45, 2.75) is 0 Å². The monoisotopic (exact) mass is 287 g/mol. The summed E-state index contributed by atoms with van der Waals surface area (Å²) in [5.74, 6) is -1.37. The fourth-order valence-corrected chi connectivity index (χ4v) is 1.68. The van der Waals surface area contributed by atoms with E-state index in [2.05, 4.69) is 5.32 Å². The first-order valence-corrected chi connectivity index (χ1v) is 6.04. The van der Waals surface area contributed by atoms with Crippen molar-refractivity contribution in [1.29, 1.82) is 0 Å². The van der Waals surface area contributed by atoms with Gasteiger partial charge in [-0.25, -0.2) is 4.79 Å². The zero-order chi connectivity index (χ0) is 15.2. The van der Waals surface area contributed by atoms with Crippen molar-refractivity contribution >= 4 is 18.0 Å². The number of hydrogen-bond acceptors (Lipinski definition) is 4. The molecule has 2 N–H and O–H groups in total. The summed E-state index contributed by atoms with van der Waals surface area (Å²) in [6.07, 6.45) is 2.65. The number of carbonyl (C=O) groups is 2. The lowest BCUT2D eigenvalue weighted by Crippen LogP contribution is -2.26. The molecule has 0 saturated carbocycles. The molecule has 1 aromatic heterocycles. The highest BCUT2D eigenvalue weighted by molar-refractivity contribution is 6.01. The summed E-state index contributed by atoms with van der Waals surface area (Å²) < 4.78 is 10.0. The number of carboxylic acids is 1. The number of hydrogen-bond donors (Lipinski definition) is 2. The third-order valence-corrected chi connectivity index (χ3v) is 2.66. The van der Waals surface area contributed by atoms with E-state index >= 15 is 0 Å². The van der Waals surface area contributed by atoms with E-state index in [4.69, 9.17) is 9.15 Å². The lowest BCUT2D eigenvalue weighted by Gasteiger charge is -2.07. The van der Waals surface area contributed by atoms with Crippen LogP contribution in [0.4, 0.5) is 0 Å². The number of furan rings is 1. The number of carbonyl (C=O) groups excluding carboxylic acids is 1. The van der Waals surface area contributed by atoms with Crippen LogP contribution in [0, 0.1) is 0 Å². The summed E-state index contributed by atoms with van der Waals surface area (Å²) in [7, 11) is 1.48. The molecular formula is C15H13NO5. The summed E-state index contributed by atoms with van der Waals surface area (Å²) in [6.45, 7) is 0. The number of benzene rings is 1. The first-order valence-electron chi connectivity index (χ1n) is 6.04. The number of nitrogens with one attached hydrogen (secondary N) is 1. The van der Waals surface area contributed by atoms with Gasteiger partial charge in [0.2, 0.25) is 0 Å². The van der Waals surface area contributed by atoms with Crippen LogP contribution < -0.4 is 10.1 Å². The first-order chi connectivity index (χ1) is 10.1. The van der Waals surface area contributed by atoms with Gasteiger partial charge in [0.05, 0.1) is 13.4 Å². The van der Waals surface area contributed by atoms with Crippen molar-refractivity contribution in [2.24, 2.45) is 0 Å². The molecule has 108 valence electrons. The maximum absolute atomic E-state index is 11.8. The maximum Gasteiger partial charge on any atom is 0.352 e. The van der Waals surface area contributed by atoms with E-state index in [1.54, 1.807) is 30.3 Å². The van der Waals surface area contributed by atoms with Gasteiger partial charge >= 0.3 is 5.97 Å². The van der Waals surface area contributed by atoms with Crippen LogP contribution in [0.5, 0.6) is 5.75 Å². The smallest absolute Gasteiger partial charge is 0.352 e. The summed E-state index contributed by atoms with van der Waals surface area (Å²) >= 11 is 0. The molecule has 1 amide bonds. The standard InChI is InChI=1S/C15H13NO5/c1-20-12-6-3-2-5-10(12)9-11(15(18)19)16-14(17)13-7-4-8-21-13/h2-9H,1H3,(H,16,17)(H,18,19)/b11-9+. The summed E-state index contributed by atoms with van der Waals surface area (Å²) in [5.41, 5.74) is 0.262. The second-order valence-electron chi connectivity index (χ2n) is 4.04. The number of carboxylic acid groups (broad SMARTS) is 1. The van der Waals surface area contributed by atoms with Crippen LogP contribution in [0.1, 0.15) is 16.1 Å². The van der Waals surface area contributed by atoms with E-state index in [0.717, 1.165) is 0 Å². The normalized spacial score (nSPS) is 11.0. The zero-order valence-corrected chi connectivity index (χ0v) is 11.2. The second kappa shape index (κ2) is 6.42. The third-order valence-electron chi connectivity index (χ3n) is 2.66. The summed E-state index contributed by atoms with van der Waals surface area (Å²) in [5, 5.41) is 11.5. The van der Waals surface area contributed by atoms with E-state index in [9.17, 15) is 14.7 Å². The van der Waals surface area contributed by atoms with Crippen molar-refractivity contribution in [3.63, 3.8) is 0 Å². The van der Waals surface area contributed by atoms with Crippen molar-refractivity contribution < 1.29 is 23.8 Å². The highest BCUT2D eigenvalue weighted by Gasteiger charge is 2.15. The van der Waals surface area contributed by atoms with Gasteiger partial charge in [-0.1, -0.05) is 18.2 Å². The van der Waals surface area contributed by atoms with E-state index in [1.165, 1.54) is 25.5 Å². The minimum atomic E-state index is -1.26. The number of rotatable bonds is 5. The van der Waals surface area contributed by atoms with Crippen molar-refractivity contribution in [3.05, 3.63) is 59.7 Å². The molecule has 2 rings (SSSR count). The number of para-hydroxylation sites is 1. The molecule has 0 aliphatic rings. The summed E-state index contributed by atoms with van der Waals surface area (Å²) in [6, 6.07) is 9.86. The van der Waals surface area contributed by atoms with E-state index in [1.807, 2.05) is 0 Å². The predicted octanol–water partition coefficient (Wildman–Crippen LogP) is 2.14. The fraction of sp³-hybridized carbons (Fsp3) is 0.0667. The largest absolute Gasteiger partial charge is 0.496 e. The molecule has 0 unspecified atom stereocenters. The van der Waals surface area contributed by atoms with Crippen LogP contribution in [0.3, 0.4) is 0 Å². The number of amides is 1. The minimum absolute atomic E-state index is 0.0298. The Bertz CT molecular complexity index is 673. The Morgan fingerprint density at radius 3 is 2.62 bits per heavy atom. The Labute approximate surface area is 120 Å². The average molecular weight is 287 g/mol. The van der Waals surface area contributed by atoms with Crippen LogP contribution in [-0.2, 0) is 4.79 Å². The van der Waals surface area contributed by atoms with Crippen LogP contribution in [0.2, 0.25) is 0 Å². The van der Waals surface area contributed by atoms with Crippen molar-refractivity contribution in [1.82, 2.24) is 5.32 Å². The molecule has 0 spiro atoms. The second-order valence-corrected chi connectivity index (χ2v) is 4.04. The van der Waals surface area contributed by atoms with E-state index in [-0.39, 0.29) is 11.5 Å². The van der Waals surface area contributed by atoms with E-state index < -0.39 is 11.9 Å². The molecule has 0 fully saturated rings.